The maximum Gasteiger partial charge on any atom is 0.416 e. The SMILES string of the molecule is Cl.O=S(=O)(Cc1ccccc1C(F)(F)F)NCc1ccc2c(c1)CNC2. The van der Waals surface area contributed by atoms with E-state index in [0.29, 0.717) is 0 Å². The Morgan fingerprint density at radius 1 is 1.04 bits per heavy atom. The van der Waals surface area contributed by atoms with Gasteiger partial charge in [0.05, 0.1) is 11.3 Å². The van der Waals surface area contributed by atoms with E-state index >= 15 is 0 Å². The molecule has 3 rings (SSSR count). The monoisotopic (exact) mass is 406 g/mol. The highest BCUT2D eigenvalue weighted by Gasteiger charge is 2.33. The van der Waals surface area contributed by atoms with E-state index in [1.165, 1.54) is 23.8 Å². The first-order valence-corrected chi connectivity index (χ1v) is 9.34. The molecule has 142 valence electrons. The minimum absolute atomic E-state index is 0. The fourth-order valence-electron chi connectivity index (χ4n) is 2.83. The predicted molar refractivity (Wildman–Crippen MR) is 95.1 cm³/mol. The van der Waals surface area contributed by atoms with Crippen LogP contribution in [0, 0.1) is 0 Å². The van der Waals surface area contributed by atoms with Crippen LogP contribution in [0.1, 0.15) is 27.8 Å². The van der Waals surface area contributed by atoms with Crippen LogP contribution in [0.4, 0.5) is 13.2 Å². The molecular formula is C17H18ClF3N2O2S. The molecule has 0 amide bonds. The van der Waals surface area contributed by atoms with E-state index in [-0.39, 0.29) is 24.5 Å². The molecule has 0 atom stereocenters. The van der Waals surface area contributed by atoms with Crippen LogP contribution in [0.15, 0.2) is 42.5 Å². The van der Waals surface area contributed by atoms with Crippen LogP contribution in [-0.2, 0) is 41.6 Å². The van der Waals surface area contributed by atoms with E-state index in [0.717, 1.165) is 30.3 Å². The van der Waals surface area contributed by atoms with Crippen molar-refractivity contribution in [2.45, 2.75) is 31.6 Å². The number of benzene rings is 2. The number of hydrogen-bond donors (Lipinski definition) is 2. The Balaban J connectivity index is 0.00000243. The highest BCUT2D eigenvalue weighted by atomic mass is 35.5. The molecule has 2 aromatic carbocycles. The molecule has 2 N–H and O–H groups in total. The number of sulfonamides is 1. The maximum atomic E-state index is 13.0. The zero-order chi connectivity index (χ0) is 18.1. The Morgan fingerprint density at radius 3 is 2.46 bits per heavy atom. The number of alkyl halides is 3. The lowest BCUT2D eigenvalue weighted by molar-refractivity contribution is -0.138. The van der Waals surface area contributed by atoms with Crippen molar-refractivity contribution in [1.29, 1.82) is 0 Å². The van der Waals surface area contributed by atoms with Gasteiger partial charge in [-0.3, -0.25) is 0 Å². The predicted octanol–water partition coefficient (Wildman–Crippen LogP) is 3.35. The normalized spacial score (nSPS) is 14.0. The largest absolute Gasteiger partial charge is 0.416 e. The van der Waals surface area contributed by atoms with E-state index in [1.807, 2.05) is 18.2 Å². The van der Waals surface area contributed by atoms with E-state index in [2.05, 4.69) is 10.0 Å². The fraction of sp³-hybridized carbons (Fsp3) is 0.294. The molecule has 0 spiro atoms. The second kappa shape index (κ2) is 7.96. The summed E-state index contributed by atoms with van der Waals surface area (Å²) in [6.07, 6.45) is -4.58. The minimum atomic E-state index is -4.58. The lowest BCUT2D eigenvalue weighted by Gasteiger charge is -2.13. The Morgan fingerprint density at radius 2 is 1.73 bits per heavy atom. The summed E-state index contributed by atoms with van der Waals surface area (Å²) >= 11 is 0. The molecule has 9 heteroatoms. The first kappa shape index (κ1) is 20.7. The molecule has 0 unspecified atom stereocenters. The molecule has 0 fully saturated rings. The van der Waals surface area contributed by atoms with E-state index in [9.17, 15) is 21.6 Å². The number of fused-ring (bicyclic) bond motifs is 1. The Hall–Kier alpha value is -1.61. The minimum Gasteiger partial charge on any atom is -0.309 e. The molecule has 0 aliphatic carbocycles. The van der Waals surface area contributed by atoms with Gasteiger partial charge in [-0.05, 0) is 28.3 Å². The standard InChI is InChI=1S/C17H17F3N2O2S.ClH/c18-17(19,20)16-4-2-1-3-14(16)11-25(23,24)22-8-12-5-6-13-9-21-10-15(13)7-12;/h1-7,21-22H,8-11H2;1H. The van der Waals surface area contributed by atoms with Gasteiger partial charge >= 0.3 is 6.18 Å². The van der Waals surface area contributed by atoms with Gasteiger partial charge in [-0.15, -0.1) is 12.4 Å². The summed E-state index contributed by atoms with van der Waals surface area (Å²) in [5.41, 5.74) is 1.87. The third-order valence-electron chi connectivity index (χ3n) is 4.07. The Kier molecular flexibility index (Phi) is 6.33. The highest BCUT2D eigenvalue weighted by molar-refractivity contribution is 7.88. The zero-order valence-corrected chi connectivity index (χ0v) is 15.3. The van der Waals surface area contributed by atoms with Gasteiger partial charge in [-0.1, -0.05) is 36.4 Å². The summed E-state index contributed by atoms with van der Waals surface area (Å²) in [4.78, 5) is 0. The zero-order valence-electron chi connectivity index (χ0n) is 13.6. The summed E-state index contributed by atoms with van der Waals surface area (Å²) in [5.74, 6) is -0.713. The lowest BCUT2D eigenvalue weighted by Crippen LogP contribution is -2.26. The van der Waals surface area contributed by atoms with Gasteiger partial charge in [0.25, 0.3) is 0 Å². The fourth-order valence-corrected chi connectivity index (χ4v) is 3.98. The third kappa shape index (κ3) is 4.97. The van der Waals surface area contributed by atoms with Crippen molar-refractivity contribution >= 4 is 22.4 Å². The molecule has 0 saturated heterocycles. The van der Waals surface area contributed by atoms with Crippen molar-refractivity contribution in [3.63, 3.8) is 0 Å². The summed E-state index contributed by atoms with van der Waals surface area (Å²) < 4.78 is 65.7. The van der Waals surface area contributed by atoms with Crippen molar-refractivity contribution in [1.82, 2.24) is 10.0 Å². The number of halogens is 4. The molecule has 1 aliphatic heterocycles. The molecule has 4 nitrogen and oxygen atoms in total. The molecule has 0 radical (unpaired) electrons. The summed E-state index contributed by atoms with van der Waals surface area (Å²) in [7, 11) is -3.90. The van der Waals surface area contributed by atoms with Crippen molar-refractivity contribution in [2.24, 2.45) is 0 Å². The van der Waals surface area contributed by atoms with Gasteiger partial charge in [0.1, 0.15) is 0 Å². The maximum absolute atomic E-state index is 13.0. The van der Waals surface area contributed by atoms with Crippen LogP contribution in [0.5, 0.6) is 0 Å². The molecule has 2 aromatic rings. The van der Waals surface area contributed by atoms with E-state index < -0.39 is 27.5 Å². The van der Waals surface area contributed by atoms with Crippen LogP contribution >= 0.6 is 12.4 Å². The number of nitrogens with one attached hydrogen (secondary N) is 2. The van der Waals surface area contributed by atoms with E-state index in [4.69, 9.17) is 0 Å². The molecule has 0 aromatic heterocycles. The molecule has 26 heavy (non-hydrogen) atoms. The van der Waals surface area contributed by atoms with Crippen molar-refractivity contribution < 1.29 is 21.6 Å². The summed E-state index contributed by atoms with van der Waals surface area (Å²) in [5, 5.41) is 3.20. The van der Waals surface area contributed by atoms with Gasteiger partial charge in [0, 0.05) is 19.6 Å². The van der Waals surface area contributed by atoms with Crippen molar-refractivity contribution in [3.8, 4) is 0 Å². The first-order valence-electron chi connectivity index (χ1n) is 7.68. The topological polar surface area (TPSA) is 58.2 Å². The van der Waals surface area contributed by atoms with Crippen LogP contribution in [0.2, 0.25) is 0 Å². The van der Waals surface area contributed by atoms with Crippen LogP contribution < -0.4 is 10.0 Å². The van der Waals surface area contributed by atoms with Gasteiger partial charge in [-0.25, -0.2) is 13.1 Å². The second-order valence-electron chi connectivity index (χ2n) is 5.94. The first-order chi connectivity index (χ1) is 11.7. The van der Waals surface area contributed by atoms with Crippen LogP contribution in [0.25, 0.3) is 0 Å². The quantitative estimate of drug-likeness (QED) is 0.800. The lowest BCUT2D eigenvalue weighted by atomic mass is 10.1. The van der Waals surface area contributed by atoms with Crippen molar-refractivity contribution in [2.75, 3.05) is 0 Å². The molecule has 1 heterocycles. The molecule has 0 bridgehead atoms. The average Bonchev–Trinajstić information content (AvgIpc) is 3.00. The summed E-state index contributed by atoms with van der Waals surface area (Å²) in [6.45, 7) is 1.56. The highest BCUT2D eigenvalue weighted by Crippen LogP contribution is 2.32. The third-order valence-corrected chi connectivity index (χ3v) is 5.34. The van der Waals surface area contributed by atoms with Gasteiger partial charge in [0.15, 0.2) is 0 Å². The molecule has 0 saturated carbocycles. The van der Waals surface area contributed by atoms with Gasteiger partial charge in [-0.2, -0.15) is 13.2 Å². The van der Waals surface area contributed by atoms with Crippen LogP contribution in [0.3, 0.4) is 0 Å². The Labute approximate surface area is 156 Å². The number of hydrogen-bond acceptors (Lipinski definition) is 3. The molecule has 1 aliphatic rings. The number of rotatable bonds is 5. The van der Waals surface area contributed by atoms with Crippen LogP contribution in [-0.4, -0.2) is 8.42 Å². The van der Waals surface area contributed by atoms with Crippen molar-refractivity contribution in [3.05, 3.63) is 70.3 Å². The van der Waals surface area contributed by atoms with Gasteiger partial charge < -0.3 is 5.32 Å². The smallest absolute Gasteiger partial charge is 0.309 e. The summed E-state index contributed by atoms with van der Waals surface area (Å²) in [6, 6.07) is 10.4. The van der Waals surface area contributed by atoms with E-state index in [1.54, 1.807) is 0 Å². The molecular weight excluding hydrogens is 389 g/mol. The second-order valence-corrected chi connectivity index (χ2v) is 7.75. The Bertz CT molecular complexity index is 886. The van der Waals surface area contributed by atoms with Gasteiger partial charge in [0.2, 0.25) is 10.0 Å². The average molecular weight is 407 g/mol.